The number of nitrogens with zero attached hydrogens (tertiary/aromatic N) is 3. The van der Waals surface area contributed by atoms with Crippen molar-refractivity contribution in [3.63, 3.8) is 0 Å². The van der Waals surface area contributed by atoms with E-state index in [1.807, 2.05) is 0 Å². The minimum Gasteiger partial charge on any atom is -0.381 e. The second-order valence-electron chi connectivity index (χ2n) is 6.91. The van der Waals surface area contributed by atoms with E-state index < -0.39 is 0 Å². The Morgan fingerprint density at radius 1 is 1.22 bits per heavy atom. The molecule has 1 amide bonds. The maximum Gasteiger partial charge on any atom is 0.292 e. The van der Waals surface area contributed by atoms with Gasteiger partial charge in [0.2, 0.25) is 5.89 Å². The Hall–Kier alpha value is -1.47. The van der Waals surface area contributed by atoms with Crippen LogP contribution in [0.4, 0.5) is 0 Å². The highest BCUT2D eigenvalue weighted by molar-refractivity contribution is 5.90. The smallest absolute Gasteiger partial charge is 0.292 e. The summed E-state index contributed by atoms with van der Waals surface area (Å²) in [5, 5.41) is 6.78. The van der Waals surface area contributed by atoms with Gasteiger partial charge in [-0.3, -0.25) is 9.69 Å². The van der Waals surface area contributed by atoms with Gasteiger partial charge in [0.25, 0.3) is 11.7 Å². The Kier molecular flexibility index (Phi) is 4.31. The van der Waals surface area contributed by atoms with Crippen molar-refractivity contribution in [1.82, 2.24) is 20.4 Å². The molecule has 4 rings (SSSR count). The first-order valence-electron chi connectivity index (χ1n) is 8.76. The zero-order valence-electron chi connectivity index (χ0n) is 13.4. The lowest BCUT2D eigenvalue weighted by Gasteiger charge is -2.29. The number of rotatable bonds is 5. The molecule has 126 valence electrons. The largest absolute Gasteiger partial charge is 0.381 e. The fourth-order valence-corrected chi connectivity index (χ4v) is 3.53. The predicted molar refractivity (Wildman–Crippen MR) is 81.9 cm³/mol. The summed E-state index contributed by atoms with van der Waals surface area (Å²) in [6.45, 7) is 3.86. The van der Waals surface area contributed by atoms with Crippen LogP contribution in [0.1, 0.15) is 61.1 Å². The van der Waals surface area contributed by atoms with Crippen molar-refractivity contribution in [2.45, 2.75) is 50.6 Å². The second-order valence-corrected chi connectivity index (χ2v) is 6.91. The van der Waals surface area contributed by atoms with Gasteiger partial charge in [0.05, 0.1) is 6.04 Å². The summed E-state index contributed by atoms with van der Waals surface area (Å²) in [5.74, 6) is 1.24. The van der Waals surface area contributed by atoms with Gasteiger partial charge in [-0.05, 0) is 51.0 Å². The first-order valence-corrected chi connectivity index (χ1v) is 8.76. The summed E-state index contributed by atoms with van der Waals surface area (Å²) in [7, 11) is 0. The number of ether oxygens (including phenoxy) is 1. The summed E-state index contributed by atoms with van der Waals surface area (Å²) in [5.41, 5.74) is 0. The van der Waals surface area contributed by atoms with Gasteiger partial charge in [-0.15, -0.1) is 0 Å². The molecule has 3 fully saturated rings. The molecule has 1 atom stereocenters. The molecule has 1 aliphatic carbocycles. The third-order valence-electron chi connectivity index (χ3n) is 5.04. The molecule has 7 nitrogen and oxygen atoms in total. The molecule has 1 aromatic heterocycles. The molecule has 3 heterocycles. The van der Waals surface area contributed by atoms with Crippen molar-refractivity contribution < 1.29 is 14.1 Å². The Labute approximate surface area is 135 Å². The molecule has 0 unspecified atom stereocenters. The van der Waals surface area contributed by atoms with Gasteiger partial charge in [0.1, 0.15) is 0 Å². The molecule has 0 bridgehead atoms. The maximum atomic E-state index is 12.0. The van der Waals surface area contributed by atoms with Crippen LogP contribution in [-0.2, 0) is 4.74 Å². The first-order chi connectivity index (χ1) is 11.3. The number of hydrogen-bond acceptors (Lipinski definition) is 6. The van der Waals surface area contributed by atoms with E-state index in [9.17, 15) is 4.79 Å². The molecule has 3 aliphatic rings. The van der Waals surface area contributed by atoms with Crippen LogP contribution < -0.4 is 5.32 Å². The molecule has 7 heteroatoms. The lowest BCUT2D eigenvalue weighted by atomic mass is 9.99. The number of likely N-dealkylation sites (tertiary alicyclic amines) is 1. The van der Waals surface area contributed by atoms with E-state index in [4.69, 9.17) is 9.26 Å². The zero-order valence-corrected chi connectivity index (χ0v) is 13.4. The SMILES string of the molecule is O=C(NC1CC1)c1noc([C@H]2CCCN2CC2CCOCC2)n1. The first kappa shape index (κ1) is 15.1. The van der Waals surface area contributed by atoms with Crippen molar-refractivity contribution in [2.75, 3.05) is 26.3 Å². The lowest BCUT2D eigenvalue weighted by Crippen LogP contribution is -2.32. The van der Waals surface area contributed by atoms with E-state index in [0.717, 1.165) is 64.8 Å². The van der Waals surface area contributed by atoms with Crippen LogP contribution in [0.3, 0.4) is 0 Å². The molecule has 1 aromatic rings. The molecule has 23 heavy (non-hydrogen) atoms. The standard InChI is InChI=1S/C16H24N4O3/c21-15(17-12-3-4-12)14-18-16(23-19-14)13-2-1-7-20(13)10-11-5-8-22-9-6-11/h11-13H,1-10H2,(H,17,21)/t13-/m1/s1. The van der Waals surface area contributed by atoms with Crippen LogP contribution in [0.2, 0.25) is 0 Å². The summed E-state index contributed by atoms with van der Waals surface area (Å²) >= 11 is 0. The topological polar surface area (TPSA) is 80.5 Å². The molecule has 2 saturated heterocycles. The summed E-state index contributed by atoms with van der Waals surface area (Å²) in [4.78, 5) is 18.8. The monoisotopic (exact) mass is 320 g/mol. The highest BCUT2D eigenvalue weighted by atomic mass is 16.5. The maximum absolute atomic E-state index is 12.0. The minimum atomic E-state index is -0.212. The Balaban J connectivity index is 1.39. The van der Waals surface area contributed by atoms with Crippen LogP contribution >= 0.6 is 0 Å². The number of amides is 1. The Morgan fingerprint density at radius 3 is 2.83 bits per heavy atom. The van der Waals surface area contributed by atoms with Crippen LogP contribution in [0.25, 0.3) is 0 Å². The van der Waals surface area contributed by atoms with Crippen LogP contribution in [0.15, 0.2) is 4.52 Å². The van der Waals surface area contributed by atoms with E-state index in [1.54, 1.807) is 0 Å². The lowest BCUT2D eigenvalue weighted by molar-refractivity contribution is 0.0485. The normalized spacial score (nSPS) is 26.5. The summed E-state index contributed by atoms with van der Waals surface area (Å²) < 4.78 is 10.8. The Morgan fingerprint density at radius 2 is 2.04 bits per heavy atom. The second kappa shape index (κ2) is 6.57. The molecule has 2 aliphatic heterocycles. The molecule has 0 radical (unpaired) electrons. The van der Waals surface area contributed by atoms with E-state index in [1.165, 1.54) is 0 Å². The van der Waals surface area contributed by atoms with Crippen molar-refractivity contribution in [3.05, 3.63) is 11.7 Å². The van der Waals surface area contributed by atoms with E-state index in [-0.39, 0.29) is 17.8 Å². The molecule has 1 saturated carbocycles. The highest BCUT2D eigenvalue weighted by Crippen LogP contribution is 2.32. The number of aromatic nitrogens is 2. The van der Waals surface area contributed by atoms with Gasteiger partial charge in [-0.25, -0.2) is 0 Å². The van der Waals surface area contributed by atoms with Gasteiger partial charge < -0.3 is 14.6 Å². The van der Waals surface area contributed by atoms with Crippen LogP contribution in [0, 0.1) is 5.92 Å². The van der Waals surface area contributed by atoms with Crippen LogP contribution in [-0.4, -0.2) is 53.3 Å². The van der Waals surface area contributed by atoms with E-state index in [0.29, 0.717) is 17.9 Å². The summed E-state index contributed by atoms with van der Waals surface area (Å²) in [6, 6.07) is 0.466. The molecular formula is C16H24N4O3. The molecule has 0 spiro atoms. The number of carbonyl (C=O) groups is 1. The molecule has 1 N–H and O–H groups in total. The fraction of sp³-hybridized carbons (Fsp3) is 0.812. The van der Waals surface area contributed by atoms with E-state index in [2.05, 4.69) is 20.4 Å². The average Bonchev–Trinajstić information content (AvgIpc) is 3.07. The van der Waals surface area contributed by atoms with Gasteiger partial charge in [0, 0.05) is 25.8 Å². The van der Waals surface area contributed by atoms with Crippen molar-refractivity contribution in [3.8, 4) is 0 Å². The number of nitrogens with one attached hydrogen (secondary N) is 1. The van der Waals surface area contributed by atoms with Crippen LogP contribution in [0.5, 0.6) is 0 Å². The third kappa shape index (κ3) is 3.55. The third-order valence-corrected chi connectivity index (χ3v) is 5.04. The van der Waals surface area contributed by atoms with Gasteiger partial charge in [-0.2, -0.15) is 4.98 Å². The predicted octanol–water partition coefficient (Wildman–Crippen LogP) is 1.53. The molecule has 0 aromatic carbocycles. The van der Waals surface area contributed by atoms with Crippen molar-refractivity contribution >= 4 is 5.91 Å². The van der Waals surface area contributed by atoms with Gasteiger partial charge >= 0.3 is 0 Å². The van der Waals surface area contributed by atoms with Gasteiger partial charge in [-0.1, -0.05) is 5.16 Å². The Bertz CT molecular complexity index is 551. The fourth-order valence-electron chi connectivity index (χ4n) is 3.53. The quantitative estimate of drug-likeness (QED) is 0.886. The van der Waals surface area contributed by atoms with Gasteiger partial charge in [0.15, 0.2) is 0 Å². The highest BCUT2D eigenvalue weighted by Gasteiger charge is 2.33. The van der Waals surface area contributed by atoms with Crippen molar-refractivity contribution in [1.29, 1.82) is 0 Å². The van der Waals surface area contributed by atoms with E-state index >= 15 is 0 Å². The average molecular weight is 320 g/mol. The minimum absolute atomic E-state index is 0.160. The summed E-state index contributed by atoms with van der Waals surface area (Å²) in [6.07, 6.45) is 6.52. The molecular weight excluding hydrogens is 296 g/mol. The number of carbonyl (C=O) groups excluding carboxylic acids is 1. The zero-order chi connectivity index (χ0) is 15.6. The number of hydrogen-bond donors (Lipinski definition) is 1. The van der Waals surface area contributed by atoms with Crippen molar-refractivity contribution in [2.24, 2.45) is 5.92 Å².